The molecular weight excluding hydrogens is 492 g/mol. The van der Waals surface area contributed by atoms with Crippen LogP contribution in [0.5, 0.6) is 0 Å². The molecule has 0 radical (unpaired) electrons. The quantitative estimate of drug-likeness (QED) is 0.244. The highest BCUT2D eigenvalue weighted by atomic mass is 16.1. The van der Waals surface area contributed by atoms with Crippen molar-refractivity contribution in [1.82, 2.24) is 0 Å². The van der Waals surface area contributed by atoms with Crippen LogP contribution < -0.4 is 0 Å². The van der Waals surface area contributed by atoms with Gasteiger partial charge in [0.25, 0.3) is 0 Å². The Hall–Kier alpha value is -2.48. The van der Waals surface area contributed by atoms with Crippen LogP contribution in [-0.4, -0.2) is 48.5 Å². The van der Waals surface area contributed by atoms with E-state index >= 15 is 0 Å². The first-order chi connectivity index (χ1) is 19.1. The van der Waals surface area contributed by atoms with Crippen LogP contribution in [0.3, 0.4) is 0 Å². The maximum Gasteiger partial charge on any atom is 0.235 e. The summed E-state index contributed by atoms with van der Waals surface area (Å²) in [4.78, 5) is 59.7. The van der Waals surface area contributed by atoms with E-state index in [1.165, 1.54) is 6.42 Å². The molecule has 4 aliphatic carbocycles. The Morgan fingerprint density at radius 1 is 0.436 bits per heavy atom. The Morgan fingerprint density at radius 3 is 1.08 bits per heavy atom. The molecule has 8 nitrogen and oxygen atoms in total. The van der Waals surface area contributed by atoms with Crippen molar-refractivity contribution < 1.29 is 19.2 Å². The number of carbonyl (C=O) groups excluding carboxylic acids is 4. The van der Waals surface area contributed by atoms with E-state index in [1.54, 1.807) is 24.3 Å². The fraction of sp³-hybridized carbons (Fsp3) is 0.871. The smallest absolute Gasteiger partial charge is 0.211 e. The van der Waals surface area contributed by atoms with E-state index < -0.39 is 0 Å². The molecule has 0 bridgehead atoms. The van der Waals surface area contributed by atoms with Gasteiger partial charge in [-0.3, -0.25) is 0 Å². The van der Waals surface area contributed by atoms with E-state index in [-0.39, 0.29) is 24.2 Å². The normalized spacial score (nSPS) is 36.5. The zero-order valence-corrected chi connectivity index (χ0v) is 23.2. The van der Waals surface area contributed by atoms with E-state index in [1.807, 2.05) is 0 Å². The van der Waals surface area contributed by atoms with E-state index in [0.29, 0.717) is 35.5 Å². The van der Waals surface area contributed by atoms with Gasteiger partial charge in [-0.1, -0.05) is 0 Å². The lowest BCUT2D eigenvalue weighted by atomic mass is 9.57. The number of aliphatic imine (C=N–C) groups is 4. The molecule has 212 valence electrons. The lowest BCUT2D eigenvalue weighted by molar-refractivity contribution is 0.0213. The summed E-state index contributed by atoms with van der Waals surface area (Å²) < 4.78 is 0. The van der Waals surface area contributed by atoms with E-state index in [2.05, 4.69) is 20.0 Å². The van der Waals surface area contributed by atoms with Gasteiger partial charge in [0.15, 0.2) is 0 Å². The van der Waals surface area contributed by atoms with E-state index in [0.717, 1.165) is 103 Å². The highest BCUT2D eigenvalue weighted by Crippen LogP contribution is 2.51. The summed E-state index contributed by atoms with van der Waals surface area (Å²) >= 11 is 0. The number of hydrogen-bond acceptors (Lipinski definition) is 8. The Bertz CT molecular complexity index is 923. The summed E-state index contributed by atoms with van der Waals surface area (Å²) in [5.41, 5.74) is 0. The lowest BCUT2D eigenvalue weighted by Gasteiger charge is -2.48. The van der Waals surface area contributed by atoms with Crippen LogP contribution in [0.1, 0.15) is 109 Å². The molecule has 0 aliphatic heterocycles. The minimum Gasteiger partial charge on any atom is -0.211 e. The monoisotopic (exact) mass is 536 g/mol. The first kappa shape index (κ1) is 29.5. The molecule has 1 atom stereocenters. The van der Waals surface area contributed by atoms with Gasteiger partial charge in [0.2, 0.25) is 24.3 Å². The minimum atomic E-state index is 0.112. The van der Waals surface area contributed by atoms with Crippen molar-refractivity contribution in [2.24, 2.45) is 55.5 Å². The third-order valence-corrected chi connectivity index (χ3v) is 10.8. The topological polar surface area (TPSA) is 118 Å². The molecule has 39 heavy (non-hydrogen) atoms. The SMILES string of the molecule is O=C=NC1CCC(CC(C2CCC(N=C=O)CC2)C(C2CCC(N=C=O)CC2)C2CCC(N=C=O)CC2)CC1. The molecule has 0 N–H and O–H groups in total. The van der Waals surface area contributed by atoms with Crippen molar-refractivity contribution in [3.8, 4) is 0 Å². The van der Waals surface area contributed by atoms with Crippen LogP contribution in [0, 0.1) is 35.5 Å². The third kappa shape index (κ3) is 8.26. The van der Waals surface area contributed by atoms with Crippen molar-refractivity contribution in [2.45, 2.75) is 133 Å². The molecule has 8 heteroatoms. The third-order valence-electron chi connectivity index (χ3n) is 10.8. The first-order valence-corrected chi connectivity index (χ1v) is 15.4. The van der Waals surface area contributed by atoms with Gasteiger partial charge in [-0.15, -0.1) is 0 Å². The molecule has 4 fully saturated rings. The number of hydrogen-bond donors (Lipinski definition) is 0. The maximum atomic E-state index is 10.9. The predicted octanol–water partition coefficient (Wildman–Crippen LogP) is 6.19. The second kappa shape index (κ2) is 15.3. The highest BCUT2D eigenvalue weighted by Gasteiger charge is 2.43. The summed E-state index contributed by atoms with van der Waals surface area (Å²) in [6.45, 7) is 0. The van der Waals surface area contributed by atoms with E-state index in [9.17, 15) is 19.2 Å². The molecule has 0 heterocycles. The van der Waals surface area contributed by atoms with Crippen LogP contribution in [0.15, 0.2) is 20.0 Å². The zero-order chi connectivity index (χ0) is 27.5. The van der Waals surface area contributed by atoms with Crippen LogP contribution in [0.2, 0.25) is 0 Å². The fourth-order valence-electron chi connectivity index (χ4n) is 8.83. The zero-order valence-electron chi connectivity index (χ0n) is 23.2. The van der Waals surface area contributed by atoms with Crippen LogP contribution in [0.4, 0.5) is 0 Å². The summed E-state index contributed by atoms with van der Waals surface area (Å²) in [5, 5.41) is 0. The summed E-state index contributed by atoms with van der Waals surface area (Å²) in [7, 11) is 0. The Kier molecular flexibility index (Phi) is 11.6. The maximum absolute atomic E-state index is 10.9. The largest absolute Gasteiger partial charge is 0.235 e. The van der Waals surface area contributed by atoms with Gasteiger partial charge in [-0.25, -0.2) is 39.1 Å². The second-order valence-electron chi connectivity index (χ2n) is 12.7. The number of rotatable bonds is 10. The van der Waals surface area contributed by atoms with Crippen molar-refractivity contribution in [2.75, 3.05) is 0 Å². The molecule has 4 aliphatic rings. The fourth-order valence-corrected chi connectivity index (χ4v) is 8.83. The van der Waals surface area contributed by atoms with Gasteiger partial charge in [0.05, 0.1) is 24.2 Å². The lowest BCUT2D eigenvalue weighted by Crippen LogP contribution is -2.41. The molecule has 0 aromatic rings. The second-order valence-corrected chi connectivity index (χ2v) is 12.7. The first-order valence-electron chi connectivity index (χ1n) is 15.4. The minimum absolute atomic E-state index is 0.112. The van der Waals surface area contributed by atoms with Crippen molar-refractivity contribution in [1.29, 1.82) is 0 Å². The molecule has 0 spiro atoms. The molecule has 0 amide bonds. The average Bonchev–Trinajstić information content (AvgIpc) is 2.96. The van der Waals surface area contributed by atoms with Crippen LogP contribution in [-0.2, 0) is 19.2 Å². The highest BCUT2D eigenvalue weighted by molar-refractivity contribution is 5.34. The molecule has 0 aromatic heterocycles. The van der Waals surface area contributed by atoms with Crippen LogP contribution in [0.25, 0.3) is 0 Å². The van der Waals surface area contributed by atoms with Gasteiger partial charge in [0, 0.05) is 0 Å². The Balaban J connectivity index is 1.56. The summed E-state index contributed by atoms with van der Waals surface area (Å²) in [6.07, 6.45) is 24.9. The van der Waals surface area contributed by atoms with Crippen molar-refractivity contribution in [3.63, 3.8) is 0 Å². The van der Waals surface area contributed by atoms with Crippen LogP contribution >= 0.6 is 0 Å². The van der Waals surface area contributed by atoms with Gasteiger partial charge in [-0.2, -0.15) is 0 Å². The molecule has 1 unspecified atom stereocenters. The van der Waals surface area contributed by atoms with Crippen molar-refractivity contribution >= 4 is 24.3 Å². The molecule has 0 aromatic carbocycles. The molecule has 4 saturated carbocycles. The molecular formula is C31H44N4O4. The van der Waals surface area contributed by atoms with Crippen molar-refractivity contribution in [3.05, 3.63) is 0 Å². The molecule has 4 rings (SSSR count). The number of nitrogens with zero attached hydrogens (tertiary/aromatic N) is 4. The average molecular weight is 537 g/mol. The van der Waals surface area contributed by atoms with Gasteiger partial charge in [0.1, 0.15) is 0 Å². The van der Waals surface area contributed by atoms with Gasteiger partial charge in [-0.05, 0) is 145 Å². The summed E-state index contributed by atoms with van der Waals surface area (Å²) in [6, 6.07) is 0.469. The number of isocyanates is 4. The van der Waals surface area contributed by atoms with E-state index in [4.69, 9.17) is 0 Å². The Labute approximate surface area is 232 Å². The predicted molar refractivity (Wildman–Crippen MR) is 147 cm³/mol. The Morgan fingerprint density at radius 2 is 0.744 bits per heavy atom. The standard InChI is InChI=1S/C31H44N4O4/c36-18-32-26-9-1-22(2-10-26)17-30(23-3-11-27(12-4-23)33-19-37)31(24-5-13-28(14-6-24)34-20-38)25-7-15-29(16-8-25)35-21-39/h22-31H,1-17H2. The van der Waals surface area contributed by atoms with Gasteiger partial charge >= 0.3 is 0 Å². The molecule has 0 saturated heterocycles. The van der Waals surface area contributed by atoms with Gasteiger partial charge < -0.3 is 0 Å². The summed E-state index contributed by atoms with van der Waals surface area (Å²) in [5.74, 6) is 3.71.